The minimum Gasteiger partial charge on any atom is -0.450 e. The second kappa shape index (κ2) is 8.89. The Bertz CT molecular complexity index is 1020. The van der Waals surface area contributed by atoms with Crippen molar-refractivity contribution in [2.45, 2.75) is 6.42 Å². The first-order valence-corrected chi connectivity index (χ1v) is 10.0. The van der Waals surface area contributed by atoms with Gasteiger partial charge in [-0.25, -0.2) is 4.79 Å². The van der Waals surface area contributed by atoms with Gasteiger partial charge in [0, 0.05) is 37.8 Å². The molecule has 3 rings (SSSR count). The number of aliphatic hydroxyl groups is 1. The van der Waals surface area contributed by atoms with E-state index in [4.69, 9.17) is 10.2 Å². The summed E-state index contributed by atoms with van der Waals surface area (Å²) in [5, 5.41) is 20.4. The summed E-state index contributed by atoms with van der Waals surface area (Å²) in [5.41, 5.74) is 3.46. The molecule has 0 aromatic heterocycles. The van der Waals surface area contributed by atoms with Crippen molar-refractivity contribution in [2.75, 3.05) is 18.5 Å². The number of anilines is 1. The van der Waals surface area contributed by atoms with Gasteiger partial charge in [0.15, 0.2) is 5.78 Å². The maximum Gasteiger partial charge on any atom is 0.505 e. The number of fused-ring (bicyclic) bond motifs is 1. The van der Waals surface area contributed by atoms with Gasteiger partial charge < -0.3 is 20.3 Å². The molecule has 0 atom stereocenters. The average Bonchev–Trinajstić information content (AvgIpc) is 2.97. The zero-order valence-corrected chi connectivity index (χ0v) is 18.0. The highest BCUT2D eigenvalue weighted by Crippen LogP contribution is 2.35. The third-order valence-corrected chi connectivity index (χ3v) is 5.74. The lowest BCUT2D eigenvalue weighted by molar-refractivity contribution is -0.110. The van der Waals surface area contributed by atoms with Gasteiger partial charge in [0.2, 0.25) is 0 Å². The van der Waals surface area contributed by atoms with Crippen molar-refractivity contribution in [3.63, 3.8) is 0 Å². The number of aliphatic hydroxyl groups excluding tert-OH is 1. The second-order valence-electron chi connectivity index (χ2n) is 6.18. The van der Waals surface area contributed by atoms with Crippen LogP contribution in [0.1, 0.15) is 27.0 Å². The fraction of sp³-hybridized carbons (Fsp3) is 0.150. The molecule has 9 heteroatoms. The van der Waals surface area contributed by atoms with E-state index in [0.29, 0.717) is 28.8 Å². The van der Waals surface area contributed by atoms with Crippen molar-refractivity contribution in [2.24, 2.45) is 0 Å². The van der Waals surface area contributed by atoms with E-state index in [2.05, 4.69) is 41.9 Å². The van der Waals surface area contributed by atoms with Crippen LogP contribution in [0.2, 0.25) is 0 Å². The van der Waals surface area contributed by atoms with Gasteiger partial charge in [-0.2, -0.15) is 0 Å². The molecule has 1 aliphatic rings. The number of amides is 1. The smallest absolute Gasteiger partial charge is 0.450 e. The Balaban J connectivity index is 1.94. The van der Waals surface area contributed by atoms with Crippen LogP contribution in [0.4, 0.5) is 10.5 Å². The summed E-state index contributed by atoms with van der Waals surface area (Å²) in [4.78, 5) is 34.7. The molecule has 29 heavy (non-hydrogen) atoms. The Hall–Kier alpha value is -2.49. The van der Waals surface area contributed by atoms with Gasteiger partial charge in [-0.3, -0.25) is 9.59 Å². The molecule has 1 heterocycles. The van der Waals surface area contributed by atoms with Crippen LogP contribution in [0, 0.1) is 0 Å². The lowest BCUT2D eigenvalue weighted by Crippen LogP contribution is -2.05. The standard InChI is InChI=1S/C20H15Br2NO6/c21-15-6-10(7-16(22)12(15)3-4-29-20(27)28)5-14-13-8-11(18(25)9-24)1-2-17(13)23-19(14)26/h1-2,5-8,24H,3-4,9H2,(H,23,26)(H,27,28). The summed E-state index contributed by atoms with van der Waals surface area (Å²) >= 11 is 6.93. The number of hydrogen-bond acceptors (Lipinski definition) is 5. The normalized spacial score (nSPS) is 13.9. The molecule has 150 valence electrons. The fourth-order valence-electron chi connectivity index (χ4n) is 2.95. The molecule has 0 spiro atoms. The molecule has 1 amide bonds. The number of halogens is 2. The molecule has 2 aromatic carbocycles. The van der Waals surface area contributed by atoms with E-state index in [0.717, 1.165) is 20.1 Å². The maximum atomic E-state index is 12.4. The number of rotatable bonds is 6. The van der Waals surface area contributed by atoms with Crippen LogP contribution in [0.5, 0.6) is 0 Å². The largest absolute Gasteiger partial charge is 0.505 e. The second-order valence-corrected chi connectivity index (χ2v) is 7.89. The molecular formula is C20H15Br2NO6. The van der Waals surface area contributed by atoms with Gasteiger partial charge >= 0.3 is 6.16 Å². The molecule has 3 N–H and O–H groups in total. The molecule has 7 nitrogen and oxygen atoms in total. The number of nitrogens with one attached hydrogen (secondary N) is 1. The average molecular weight is 525 g/mol. The highest BCUT2D eigenvalue weighted by molar-refractivity contribution is 9.11. The van der Waals surface area contributed by atoms with Crippen LogP contribution in [0.15, 0.2) is 39.3 Å². The predicted molar refractivity (Wildman–Crippen MR) is 114 cm³/mol. The third kappa shape index (κ3) is 4.75. The number of Topliss-reactive ketones (excluding diaryl/α,β-unsaturated/α-hetero) is 1. The summed E-state index contributed by atoms with van der Waals surface area (Å²) in [6.45, 7) is -0.587. The number of carbonyl (C=O) groups excluding carboxylic acids is 2. The Labute approximate surface area is 182 Å². The Kier molecular flexibility index (Phi) is 6.51. The quantitative estimate of drug-likeness (QED) is 0.297. The van der Waals surface area contributed by atoms with Gasteiger partial charge in [0.1, 0.15) is 6.61 Å². The molecule has 0 saturated carbocycles. The molecule has 2 aromatic rings. The van der Waals surface area contributed by atoms with Gasteiger partial charge in [-0.05, 0) is 47.5 Å². The zero-order chi connectivity index (χ0) is 21.1. The van der Waals surface area contributed by atoms with Crippen molar-refractivity contribution in [1.29, 1.82) is 0 Å². The zero-order valence-electron chi connectivity index (χ0n) is 14.9. The van der Waals surface area contributed by atoms with Crippen molar-refractivity contribution in [1.82, 2.24) is 0 Å². The third-order valence-electron chi connectivity index (χ3n) is 4.32. The monoisotopic (exact) mass is 523 g/mol. The van der Waals surface area contributed by atoms with Crippen LogP contribution < -0.4 is 5.32 Å². The fourth-order valence-corrected chi connectivity index (χ4v) is 4.57. The Morgan fingerprint density at radius 1 is 1.14 bits per heavy atom. The van der Waals surface area contributed by atoms with E-state index < -0.39 is 18.5 Å². The van der Waals surface area contributed by atoms with E-state index in [1.165, 1.54) is 0 Å². The lowest BCUT2D eigenvalue weighted by atomic mass is 9.99. The highest BCUT2D eigenvalue weighted by Gasteiger charge is 2.25. The lowest BCUT2D eigenvalue weighted by Gasteiger charge is -2.09. The molecule has 0 bridgehead atoms. The number of ether oxygens (including phenoxy) is 1. The maximum absolute atomic E-state index is 12.4. The predicted octanol–water partition coefficient (Wildman–Crippen LogP) is 4.12. The van der Waals surface area contributed by atoms with Crippen LogP contribution in [-0.2, 0) is 16.0 Å². The van der Waals surface area contributed by atoms with Crippen LogP contribution in [0.25, 0.3) is 11.6 Å². The van der Waals surface area contributed by atoms with E-state index in [-0.39, 0.29) is 12.5 Å². The number of ketones is 1. The number of benzene rings is 2. The van der Waals surface area contributed by atoms with Crippen molar-refractivity contribution < 1.29 is 29.3 Å². The topological polar surface area (TPSA) is 113 Å². The first-order valence-electron chi connectivity index (χ1n) is 8.45. The molecule has 0 saturated heterocycles. The SMILES string of the molecule is O=C(O)OCCc1c(Br)cc(C=C2C(=O)Nc3ccc(C(=O)CO)cc32)cc1Br. The molecule has 0 radical (unpaired) electrons. The van der Waals surface area contributed by atoms with E-state index >= 15 is 0 Å². The molecule has 0 aliphatic carbocycles. The van der Waals surface area contributed by atoms with Crippen molar-refractivity contribution in [3.8, 4) is 0 Å². The van der Waals surface area contributed by atoms with Crippen LogP contribution in [0.3, 0.4) is 0 Å². The Morgan fingerprint density at radius 3 is 2.45 bits per heavy atom. The number of carboxylic acid groups (broad SMARTS) is 1. The number of hydrogen-bond donors (Lipinski definition) is 3. The molecule has 0 unspecified atom stereocenters. The Morgan fingerprint density at radius 2 is 1.83 bits per heavy atom. The summed E-state index contributed by atoms with van der Waals surface area (Å²) < 4.78 is 6.02. The van der Waals surface area contributed by atoms with Crippen molar-refractivity contribution in [3.05, 3.63) is 61.5 Å². The van der Waals surface area contributed by atoms with Crippen LogP contribution in [-0.4, -0.2) is 41.3 Å². The minimum atomic E-state index is -1.33. The summed E-state index contributed by atoms with van der Waals surface area (Å²) in [7, 11) is 0. The minimum absolute atomic E-state index is 0.0183. The van der Waals surface area contributed by atoms with E-state index in [9.17, 15) is 14.4 Å². The summed E-state index contributed by atoms with van der Waals surface area (Å²) in [6.07, 6.45) is 0.741. The molecule has 0 fully saturated rings. The summed E-state index contributed by atoms with van der Waals surface area (Å²) in [5.74, 6) is -0.718. The van der Waals surface area contributed by atoms with E-state index in [1.807, 2.05) is 12.1 Å². The summed E-state index contributed by atoms with van der Waals surface area (Å²) in [6, 6.07) is 8.39. The van der Waals surface area contributed by atoms with Crippen LogP contribution >= 0.6 is 31.9 Å². The van der Waals surface area contributed by atoms with Gasteiger partial charge in [-0.1, -0.05) is 31.9 Å². The van der Waals surface area contributed by atoms with Gasteiger partial charge in [0.25, 0.3) is 5.91 Å². The van der Waals surface area contributed by atoms with Gasteiger partial charge in [-0.15, -0.1) is 0 Å². The first-order chi connectivity index (χ1) is 13.8. The number of carbonyl (C=O) groups is 3. The highest BCUT2D eigenvalue weighted by atomic mass is 79.9. The van der Waals surface area contributed by atoms with E-state index in [1.54, 1.807) is 24.3 Å². The van der Waals surface area contributed by atoms with Crippen molar-refractivity contribution >= 4 is 67.0 Å². The van der Waals surface area contributed by atoms with Gasteiger partial charge in [0.05, 0.1) is 6.61 Å². The first kappa shape index (κ1) is 21.2. The molecular weight excluding hydrogens is 510 g/mol. The molecule has 1 aliphatic heterocycles.